The van der Waals surface area contributed by atoms with Gasteiger partial charge in [0.2, 0.25) is 0 Å². The van der Waals surface area contributed by atoms with E-state index in [4.69, 9.17) is 0 Å². The van der Waals surface area contributed by atoms with E-state index in [1.165, 1.54) is 0 Å². The summed E-state index contributed by atoms with van der Waals surface area (Å²) in [5.41, 5.74) is 1.37. The molecule has 0 atom stereocenters. The Hall–Kier alpha value is -2.35. The first-order valence-electron chi connectivity index (χ1n) is 5.33. The first-order chi connectivity index (χ1) is 8.24. The summed E-state index contributed by atoms with van der Waals surface area (Å²) in [7, 11) is 0. The number of fused-ring (bicyclic) bond motifs is 1. The van der Waals surface area contributed by atoms with E-state index >= 15 is 0 Å². The second kappa shape index (κ2) is 4.66. The number of allylic oxidation sites excluding steroid dienone is 5. The molecule has 17 heavy (non-hydrogen) atoms. The van der Waals surface area contributed by atoms with Crippen LogP contribution in [0.25, 0.3) is 24.8 Å². The molecular weight excluding hydrogens is 210 g/mol. The van der Waals surface area contributed by atoms with Crippen LogP contribution < -0.4 is 16.1 Å². The van der Waals surface area contributed by atoms with Gasteiger partial charge in [-0.2, -0.15) is 0 Å². The maximum absolute atomic E-state index is 11.9. The molecule has 1 aromatic rings. The van der Waals surface area contributed by atoms with Gasteiger partial charge in [-0.1, -0.05) is 49.6 Å². The van der Waals surface area contributed by atoms with E-state index in [0.717, 1.165) is 10.8 Å². The van der Waals surface area contributed by atoms with Crippen molar-refractivity contribution in [3.8, 4) is 0 Å². The van der Waals surface area contributed by atoms with Gasteiger partial charge in [0.1, 0.15) is 0 Å². The molecule has 1 aliphatic rings. The minimum Gasteiger partial charge on any atom is -0.321 e. The molecule has 1 aromatic heterocycles. The Morgan fingerprint density at radius 1 is 1.06 bits per heavy atom. The van der Waals surface area contributed by atoms with Gasteiger partial charge in [-0.05, 0) is 22.9 Å². The number of nitrogens with one attached hydrogen (secondary N) is 1. The van der Waals surface area contributed by atoms with Gasteiger partial charge < -0.3 is 4.98 Å². The molecule has 0 radical (unpaired) electrons. The number of hydrogen-bond acceptors (Lipinski definition) is 1. The lowest BCUT2D eigenvalue weighted by Gasteiger charge is -2.03. The van der Waals surface area contributed by atoms with Gasteiger partial charge in [0.25, 0.3) is 5.56 Å². The molecule has 0 saturated carbocycles. The van der Waals surface area contributed by atoms with Crippen LogP contribution in [0.1, 0.15) is 11.1 Å². The largest absolute Gasteiger partial charge is 0.321 e. The van der Waals surface area contributed by atoms with Crippen LogP contribution in [-0.4, -0.2) is 4.98 Å². The minimum absolute atomic E-state index is 0.114. The second-order valence-corrected chi connectivity index (χ2v) is 3.68. The monoisotopic (exact) mass is 223 g/mol. The third-order valence-corrected chi connectivity index (χ3v) is 2.58. The Morgan fingerprint density at radius 3 is 2.35 bits per heavy atom. The van der Waals surface area contributed by atoms with Crippen LogP contribution >= 0.6 is 0 Å². The molecule has 0 amide bonds. The van der Waals surface area contributed by atoms with Gasteiger partial charge in [-0.3, -0.25) is 4.79 Å². The van der Waals surface area contributed by atoms with Gasteiger partial charge >= 0.3 is 0 Å². The summed E-state index contributed by atoms with van der Waals surface area (Å²) in [6.07, 6.45) is 14.6. The molecule has 2 nitrogen and oxygen atoms in total. The summed E-state index contributed by atoms with van der Waals surface area (Å²) in [5.74, 6) is 0. The molecular formula is C15H13NO. The SMILES string of the molecule is C=C/C=c1/[nH]c(=O)c2c(c1=C)C=CC=CC=C2. The number of aromatic amines is 1. The molecule has 1 N–H and O–H groups in total. The van der Waals surface area contributed by atoms with Crippen molar-refractivity contribution in [2.24, 2.45) is 0 Å². The van der Waals surface area contributed by atoms with Crippen molar-refractivity contribution in [2.75, 3.05) is 0 Å². The van der Waals surface area contributed by atoms with E-state index < -0.39 is 0 Å². The summed E-state index contributed by atoms with van der Waals surface area (Å²) < 4.78 is 0. The average molecular weight is 223 g/mol. The number of pyridine rings is 1. The summed E-state index contributed by atoms with van der Waals surface area (Å²) in [4.78, 5) is 14.7. The minimum atomic E-state index is -0.114. The quantitative estimate of drug-likeness (QED) is 0.766. The van der Waals surface area contributed by atoms with Crippen molar-refractivity contribution in [3.05, 3.63) is 69.0 Å². The maximum Gasteiger partial charge on any atom is 0.256 e. The van der Waals surface area contributed by atoms with Crippen LogP contribution in [-0.2, 0) is 0 Å². The van der Waals surface area contributed by atoms with Crippen LogP contribution in [0, 0.1) is 0 Å². The van der Waals surface area contributed by atoms with Crippen LogP contribution in [0.15, 0.2) is 41.8 Å². The summed E-state index contributed by atoms with van der Waals surface area (Å²) in [6, 6.07) is 0. The highest BCUT2D eigenvalue weighted by Crippen LogP contribution is 2.05. The molecule has 0 bridgehead atoms. The Bertz CT molecular complexity index is 700. The Labute approximate surface area is 99.3 Å². The Kier molecular flexibility index (Phi) is 3.06. The molecule has 0 aliphatic heterocycles. The fourth-order valence-corrected chi connectivity index (χ4v) is 1.74. The molecule has 2 heteroatoms. The lowest BCUT2D eigenvalue weighted by Crippen LogP contribution is -2.37. The standard InChI is InChI=1S/C15H13NO/c1-3-8-14-11(2)12-9-6-4-5-7-10-13(12)15(17)16-14/h3-10H,1-2H2,(H,16,17)/b5-4?,6-4?,7-5?,9-6?,10-7?,12-9?,13-10?,14-8+. The van der Waals surface area contributed by atoms with Crippen molar-refractivity contribution in [1.29, 1.82) is 0 Å². The molecule has 0 fully saturated rings. The van der Waals surface area contributed by atoms with E-state index in [1.54, 1.807) is 18.2 Å². The van der Waals surface area contributed by atoms with Crippen LogP contribution in [0.5, 0.6) is 0 Å². The summed E-state index contributed by atoms with van der Waals surface area (Å²) >= 11 is 0. The third-order valence-electron chi connectivity index (χ3n) is 2.58. The fraction of sp³-hybridized carbons (Fsp3) is 0. The highest BCUT2D eigenvalue weighted by molar-refractivity contribution is 5.68. The summed E-state index contributed by atoms with van der Waals surface area (Å²) in [6.45, 7) is 7.63. The number of hydrogen-bond donors (Lipinski definition) is 1. The van der Waals surface area contributed by atoms with Crippen molar-refractivity contribution >= 4 is 24.8 Å². The molecule has 0 saturated heterocycles. The maximum atomic E-state index is 11.9. The summed E-state index contributed by atoms with van der Waals surface area (Å²) in [5, 5.41) is 1.50. The highest BCUT2D eigenvalue weighted by Gasteiger charge is 2.04. The van der Waals surface area contributed by atoms with Crippen molar-refractivity contribution in [3.63, 3.8) is 0 Å². The van der Waals surface area contributed by atoms with Crippen molar-refractivity contribution in [1.82, 2.24) is 4.98 Å². The van der Waals surface area contributed by atoms with E-state index in [1.807, 2.05) is 30.4 Å². The zero-order chi connectivity index (χ0) is 12.3. The van der Waals surface area contributed by atoms with Crippen molar-refractivity contribution < 1.29 is 0 Å². The van der Waals surface area contributed by atoms with Crippen LogP contribution in [0.4, 0.5) is 0 Å². The average Bonchev–Trinajstić information content (AvgIpc) is 2.25. The molecule has 1 aliphatic carbocycles. The topological polar surface area (TPSA) is 32.9 Å². The number of aromatic nitrogens is 1. The Morgan fingerprint density at radius 2 is 1.71 bits per heavy atom. The lowest BCUT2D eigenvalue weighted by molar-refractivity contribution is 1.14. The van der Waals surface area contributed by atoms with E-state index in [-0.39, 0.29) is 5.56 Å². The normalized spacial score (nSPS) is 14.2. The number of H-pyrrole nitrogens is 1. The molecule has 0 unspecified atom stereocenters. The van der Waals surface area contributed by atoms with Gasteiger partial charge in [-0.25, -0.2) is 0 Å². The van der Waals surface area contributed by atoms with E-state index in [0.29, 0.717) is 10.9 Å². The Balaban J connectivity index is 2.91. The number of rotatable bonds is 1. The molecule has 2 rings (SSSR count). The smallest absolute Gasteiger partial charge is 0.256 e. The van der Waals surface area contributed by atoms with Gasteiger partial charge in [0, 0.05) is 10.9 Å². The van der Waals surface area contributed by atoms with Gasteiger partial charge in [0.05, 0.1) is 0 Å². The molecule has 1 heterocycles. The first kappa shape index (κ1) is 11.1. The molecule has 0 aromatic carbocycles. The van der Waals surface area contributed by atoms with Crippen LogP contribution in [0.2, 0.25) is 0 Å². The first-order valence-corrected chi connectivity index (χ1v) is 5.33. The predicted octanol–water partition coefficient (Wildman–Crippen LogP) is 1.35. The predicted molar refractivity (Wildman–Crippen MR) is 73.7 cm³/mol. The van der Waals surface area contributed by atoms with Crippen molar-refractivity contribution in [2.45, 2.75) is 0 Å². The highest BCUT2D eigenvalue weighted by atomic mass is 16.1. The zero-order valence-electron chi connectivity index (χ0n) is 9.44. The van der Waals surface area contributed by atoms with Gasteiger partial charge in [-0.15, -0.1) is 0 Å². The van der Waals surface area contributed by atoms with E-state index in [9.17, 15) is 4.79 Å². The fourth-order valence-electron chi connectivity index (χ4n) is 1.74. The second-order valence-electron chi connectivity index (χ2n) is 3.68. The lowest BCUT2D eigenvalue weighted by atomic mass is 10.0. The molecule has 84 valence electrons. The van der Waals surface area contributed by atoms with E-state index in [2.05, 4.69) is 18.1 Å². The third kappa shape index (κ3) is 2.11. The zero-order valence-corrected chi connectivity index (χ0v) is 9.44. The van der Waals surface area contributed by atoms with Crippen LogP contribution in [0.3, 0.4) is 0 Å². The van der Waals surface area contributed by atoms with Gasteiger partial charge in [0.15, 0.2) is 0 Å². The molecule has 0 spiro atoms.